The molecule has 12 bridgehead atoms. The second-order valence-corrected chi connectivity index (χ2v) is 17.9. The maximum absolute atomic E-state index is 10.7. The van der Waals surface area contributed by atoms with E-state index in [0.717, 1.165) is 79.1 Å². The number of nitrogens with zero attached hydrogens (tertiary/aromatic N) is 12. The largest absolute Gasteiger partial charge is 1.00 e. The van der Waals surface area contributed by atoms with Crippen LogP contribution >= 0.6 is 0 Å². The van der Waals surface area contributed by atoms with Crippen LogP contribution < -0.4 is 4.74 Å². The molecule has 0 aliphatic rings. The first kappa shape index (κ1) is 67.0. The van der Waals surface area contributed by atoms with E-state index in [1.54, 1.807) is 31.4 Å². The number of halogens is 6. The summed E-state index contributed by atoms with van der Waals surface area (Å²) in [7, 11) is 1.21. The standard InChI is InChI=1S/C36H36N12.C9H7O.2CHF3O3S.3Ag/c1-43-25-13-7-15-27(37-25)44(2)29-17-9-19-31(39-29)46(4)33-21-11-23-35(41-33)48(6)36-24-12-22-34(42-36)47(5)32-20-10-18-30(40-32)45(3)28-16-8-14-26(43)38-28;1-3-8-4-6-9(10-2)7-5-8;2*2-1(3,4)8(5,6)7;;;/h7-24H,1-6H3;4-7H,2H3;2*(H,5,6,7);;;/q;-1;;;3*+1/p-2. The van der Waals surface area contributed by atoms with Gasteiger partial charge in [-0.1, -0.05) is 36.4 Å². The first-order valence-corrected chi connectivity index (χ1v) is 23.8. The third kappa shape index (κ3) is 18.0. The van der Waals surface area contributed by atoms with Gasteiger partial charge < -0.3 is 47.7 Å². The number of ether oxygens (including phenoxy) is 1. The minimum Gasteiger partial charge on any atom is -0.741 e. The number of aryl methyl sites for hydroxylation is 6. The number of hydrogen-bond donors (Lipinski definition) is 0. The van der Waals surface area contributed by atoms with Gasteiger partial charge in [0.2, 0.25) is 0 Å². The Kier molecular flexibility index (Phi) is 24.8. The van der Waals surface area contributed by atoms with Crippen molar-refractivity contribution in [2.45, 2.75) is 11.0 Å². The molecule has 19 nitrogen and oxygen atoms in total. The predicted octanol–water partition coefficient (Wildman–Crippen LogP) is 7.79. The van der Waals surface area contributed by atoms with Gasteiger partial charge in [-0.15, -0.1) is 17.7 Å². The number of hydrogen-bond acceptors (Lipinski definition) is 13. The summed E-state index contributed by atoms with van der Waals surface area (Å²) in [4.78, 5) is 29.9. The van der Waals surface area contributed by atoms with Gasteiger partial charge in [0.05, 0.1) is 7.11 Å². The van der Waals surface area contributed by atoms with Crippen LogP contribution in [-0.2, 0) is 130 Å². The third-order valence-corrected chi connectivity index (χ3v) is 11.4. The molecule has 0 fully saturated rings. The average Bonchev–Trinajstić information content (AvgIpc) is 3.39. The van der Waals surface area contributed by atoms with Gasteiger partial charge in [0.1, 0.15) is 73.5 Å². The van der Waals surface area contributed by atoms with Gasteiger partial charge in [-0.3, -0.25) is 5.92 Å². The maximum atomic E-state index is 10.7. The molecule has 0 saturated carbocycles. The predicted molar refractivity (Wildman–Crippen MR) is 262 cm³/mol. The van der Waals surface area contributed by atoms with Crippen molar-refractivity contribution < 1.29 is 124 Å². The summed E-state index contributed by atoms with van der Waals surface area (Å²) in [6, 6.07) is 42.7. The van der Waals surface area contributed by atoms with Crippen LogP contribution in [0.15, 0.2) is 133 Å². The summed E-state index contributed by atoms with van der Waals surface area (Å²) in [6.07, 6.45) is 6.78. The molecule has 0 N–H and O–H groups in total. The quantitative estimate of drug-likeness (QED) is 0.0382. The Balaban J connectivity index is 0.000000576. The fourth-order valence-electron chi connectivity index (χ4n) is 6.09. The first-order chi connectivity index (χ1) is 34.6. The third-order valence-electron chi connectivity index (χ3n) is 10.2. The van der Waals surface area contributed by atoms with Crippen LogP contribution in [0.2, 0.25) is 0 Å². The Morgan fingerprint density at radius 2 is 0.558 bits per heavy atom. The number of methoxy groups -OCH3 is 1. The molecular formula is C47H43Ag3F6N12O7S2. The van der Waals surface area contributed by atoms with Crippen LogP contribution in [0, 0.1) is 12.3 Å². The minimum atomic E-state index is -6.09. The van der Waals surface area contributed by atoms with Gasteiger partial charge in [0.15, 0.2) is 20.2 Å². The Morgan fingerprint density at radius 1 is 0.403 bits per heavy atom. The van der Waals surface area contributed by atoms with Crippen molar-refractivity contribution in [3.05, 3.63) is 145 Å². The SMILES string of the molecule is Cn1c2cccc(n2)n(C)c2cccc(n2)n(C)c2cccc(n2)n(C)c2cccc(n2)n(C)c2cccc(n2)n(C)c2cccc1n2.O=S(=O)([O-])C(F)(F)F.O=S(=O)([O-])C(F)(F)F.[Ag+].[Ag+].[Ag+].[C-]#Cc1ccc(OC)cc1. The van der Waals surface area contributed by atoms with Crippen molar-refractivity contribution in [3.8, 4) is 11.7 Å². The molecule has 0 unspecified atom stereocenters. The van der Waals surface area contributed by atoms with Crippen LogP contribution in [0.4, 0.5) is 26.3 Å². The summed E-state index contributed by atoms with van der Waals surface area (Å²) in [6.45, 7) is 0. The molecular weight excluding hydrogens is 1350 g/mol. The molecule has 77 heavy (non-hydrogen) atoms. The summed E-state index contributed by atoms with van der Waals surface area (Å²) in [5.74, 6) is 3.08. The summed E-state index contributed by atoms with van der Waals surface area (Å²) < 4.78 is 135. The average molecular weight is 1390 g/mol. The van der Waals surface area contributed by atoms with E-state index in [4.69, 9.17) is 67.0 Å². The Morgan fingerprint density at radius 3 is 0.675 bits per heavy atom. The van der Waals surface area contributed by atoms with Gasteiger partial charge in [-0.2, -0.15) is 26.3 Å². The molecule has 0 aliphatic carbocycles. The number of rotatable bonds is 1. The fraction of sp³-hybridized carbons (Fsp3) is 0.191. The van der Waals surface area contributed by atoms with Gasteiger partial charge in [-0.05, 0) is 84.9 Å². The zero-order chi connectivity index (χ0) is 54.8. The van der Waals surface area contributed by atoms with Gasteiger partial charge in [0, 0.05) is 42.3 Å². The van der Waals surface area contributed by atoms with Crippen LogP contribution in [0.25, 0.3) is 67.8 Å². The fourth-order valence-corrected chi connectivity index (χ4v) is 6.09. The Hall–Kier alpha value is -6.10. The molecule has 0 saturated heterocycles. The molecule has 420 valence electrons. The molecule has 8 rings (SSSR count). The van der Waals surface area contributed by atoms with E-state index in [0.29, 0.717) is 0 Å². The monoisotopic (exact) mass is 1390 g/mol. The second kappa shape index (κ2) is 28.5. The number of alkyl halides is 6. The van der Waals surface area contributed by atoms with Crippen LogP contribution in [0.3, 0.4) is 0 Å². The molecule has 8 aromatic rings. The normalized spacial score (nSPS) is 10.9. The van der Waals surface area contributed by atoms with Gasteiger partial charge in [0.25, 0.3) is 0 Å². The number of benzene rings is 1. The molecule has 0 atom stereocenters. The van der Waals surface area contributed by atoms with Crippen LogP contribution in [0.1, 0.15) is 5.56 Å². The zero-order valence-corrected chi connectivity index (χ0v) is 47.0. The van der Waals surface area contributed by atoms with E-state index in [1.807, 2.05) is 179 Å². The Bertz CT molecular complexity index is 3280. The maximum Gasteiger partial charge on any atom is 1.00 e. The van der Waals surface area contributed by atoms with Gasteiger partial charge in [-0.25, -0.2) is 46.7 Å². The van der Waals surface area contributed by atoms with Crippen molar-refractivity contribution in [1.82, 2.24) is 57.3 Å². The molecule has 30 heteroatoms. The molecule has 7 heterocycles. The molecule has 0 spiro atoms. The Labute approximate surface area is 483 Å². The molecule has 0 radical (unpaired) electrons. The van der Waals surface area contributed by atoms with Crippen molar-refractivity contribution in [3.63, 3.8) is 0 Å². The van der Waals surface area contributed by atoms with E-state index in [-0.39, 0.29) is 67.1 Å². The molecule has 7 aromatic heterocycles. The van der Waals surface area contributed by atoms with Crippen LogP contribution in [-0.4, -0.2) is 101 Å². The van der Waals surface area contributed by atoms with Crippen LogP contribution in [0.5, 0.6) is 5.75 Å². The van der Waals surface area contributed by atoms with E-state index in [2.05, 4.69) is 5.92 Å². The smallest absolute Gasteiger partial charge is 0.741 e. The number of aromatic nitrogens is 12. The molecule has 0 amide bonds. The van der Waals surface area contributed by atoms with Crippen molar-refractivity contribution in [1.29, 1.82) is 0 Å². The number of pyridine rings is 6. The summed E-state index contributed by atoms with van der Waals surface area (Å²) in [5.41, 5.74) is -1.57. The minimum absolute atomic E-state index is 0. The van der Waals surface area contributed by atoms with E-state index in [1.165, 1.54) is 0 Å². The van der Waals surface area contributed by atoms with Crippen molar-refractivity contribution >= 4 is 88.0 Å². The van der Waals surface area contributed by atoms with Gasteiger partial charge >= 0.3 is 78.2 Å². The summed E-state index contributed by atoms with van der Waals surface area (Å²) >= 11 is 0. The van der Waals surface area contributed by atoms with Crippen molar-refractivity contribution in [2.75, 3.05) is 7.11 Å². The molecule has 0 aliphatic heterocycles. The summed E-state index contributed by atoms with van der Waals surface area (Å²) in [5, 5.41) is 0. The first-order valence-electron chi connectivity index (χ1n) is 21.0. The van der Waals surface area contributed by atoms with E-state index in [9.17, 15) is 26.3 Å². The van der Waals surface area contributed by atoms with Crippen molar-refractivity contribution in [2.24, 2.45) is 42.3 Å². The topological polar surface area (TPSA) is 231 Å². The second-order valence-electron chi connectivity index (χ2n) is 15.1. The van der Waals surface area contributed by atoms with E-state index < -0.39 is 31.3 Å². The zero-order valence-electron chi connectivity index (χ0n) is 40.9. The number of fused-ring (bicyclic) bond motifs is 12. The molecule has 1 aromatic carbocycles. The van der Waals surface area contributed by atoms with E-state index >= 15 is 0 Å².